The maximum atomic E-state index is 13.3. The number of hydrogen-bond acceptors (Lipinski definition) is 4. The fourth-order valence-electron chi connectivity index (χ4n) is 1.68. The van der Waals surface area contributed by atoms with Crippen molar-refractivity contribution in [2.24, 2.45) is 0 Å². The minimum absolute atomic E-state index is 0.0459. The molecule has 2 aromatic rings. The smallest absolute Gasteiger partial charge is 0.342 e. The lowest BCUT2D eigenvalue weighted by molar-refractivity contribution is -0.385. The van der Waals surface area contributed by atoms with Crippen LogP contribution in [0.3, 0.4) is 0 Å². The Kier molecular flexibility index (Phi) is 4.04. The Balaban J connectivity index is 2.36. The number of nitro groups is 1. The van der Waals surface area contributed by atoms with Crippen LogP contribution in [-0.2, 0) is 0 Å². The van der Waals surface area contributed by atoms with Crippen molar-refractivity contribution >= 4 is 34.6 Å². The van der Waals surface area contributed by atoms with Crippen molar-refractivity contribution in [3.63, 3.8) is 0 Å². The molecule has 0 fully saturated rings. The molecule has 6 nitrogen and oxygen atoms in total. The molecule has 0 heterocycles. The highest BCUT2D eigenvalue weighted by Crippen LogP contribution is 2.26. The lowest BCUT2D eigenvalue weighted by Crippen LogP contribution is -2.03. The molecule has 0 amide bonds. The highest BCUT2D eigenvalue weighted by molar-refractivity contribution is 6.30. The Hall–Kier alpha value is -2.67. The molecule has 21 heavy (non-hydrogen) atoms. The summed E-state index contributed by atoms with van der Waals surface area (Å²) in [6.45, 7) is 0. The predicted molar refractivity (Wildman–Crippen MR) is 74.7 cm³/mol. The van der Waals surface area contributed by atoms with Gasteiger partial charge in [-0.1, -0.05) is 11.6 Å². The second-order valence-corrected chi connectivity index (χ2v) is 4.46. The van der Waals surface area contributed by atoms with E-state index in [1.807, 2.05) is 0 Å². The summed E-state index contributed by atoms with van der Waals surface area (Å²) in [5.74, 6) is -2.06. The molecule has 0 aromatic heterocycles. The van der Waals surface area contributed by atoms with Crippen LogP contribution < -0.4 is 5.32 Å². The van der Waals surface area contributed by atoms with Gasteiger partial charge in [0.25, 0.3) is 5.69 Å². The van der Waals surface area contributed by atoms with E-state index < -0.39 is 28.0 Å². The van der Waals surface area contributed by atoms with Crippen LogP contribution in [0.15, 0.2) is 36.4 Å². The summed E-state index contributed by atoms with van der Waals surface area (Å²) in [6, 6.07) is 7.46. The van der Waals surface area contributed by atoms with E-state index in [0.29, 0.717) is 5.69 Å². The lowest BCUT2D eigenvalue weighted by Gasteiger charge is -2.08. The van der Waals surface area contributed by atoms with E-state index in [-0.39, 0.29) is 10.7 Å². The second-order valence-electron chi connectivity index (χ2n) is 4.05. The van der Waals surface area contributed by atoms with E-state index in [2.05, 4.69) is 5.32 Å². The van der Waals surface area contributed by atoms with Gasteiger partial charge in [0.05, 0.1) is 9.95 Å². The van der Waals surface area contributed by atoms with Gasteiger partial charge in [-0.2, -0.15) is 0 Å². The molecule has 0 saturated carbocycles. The zero-order valence-electron chi connectivity index (χ0n) is 10.3. The fourth-order valence-corrected chi connectivity index (χ4v) is 1.80. The van der Waals surface area contributed by atoms with Crippen molar-refractivity contribution in [2.75, 3.05) is 5.32 Å². The van der Waals surface area contributed by atoms with E-state index in [0.717, 1.165) is 18.2 Å². The molecule has 0 saturated heterocycles. The number of hydrogen-bond donors (Lipinski definition) is 2. The van der Waals surface area contributed by atoms with Crippen molar-refractivity contribution in [1.29, 1.82) is 0 Å². The number of carboxylic acid groups (broad SMARTS) is 1. The summed E-state index contributed by atoms with van der Waals surface area (Å²) in [4.78, 5) is 21.0. The van der Waals surface area contributed by atoms with Gasteiger partial charge in [-0.05, 0) is 30.3 Å². The predicted octanol–water partition coefficient (Wildman–Crippen LogP) is 3.83. The van der Waals surface area contributed by atoms with E-state index in [1.165, 1.54) is 18.2 Å². The summed E-state index contributed by atoms with van der Waals surface area (Å²) in [7, 11) is 0. The van der Waals surface area contributed by atoms with Crippen molar-refractivity contribution in [3.05, 3.63) is 62.9 Å². The summed E-state index contributed by atoms with van der Waals surface area (Å²) in [5.41, 5.74) is -0.364. The van der Waals surface area contributed by atoms with Gasteiger partial charge in [0, 0.05) is 17.4 Å². The molecule has 0 atom stereocenters. The molecule has 0 unspecified atom stereocenters. The van der Waals surface area contributed by atoms with Crippen molar-refractivity contribution in [2.45, 2.75) is 0 Å². The highest BCUT2D eigenvalue weighted by Gasteiger charge is 2.20. The Bertz CT molecular complexity index is 736. The van der Waals surface area contributed by atoms with Gasteiger partial charge < -0.3 is 10.4 Å². The van der Waals surface area contributed by atoms with Crippen molar-refractivity contribution < 1.29 is 19.2 Å². The number of aromatic carboxylic acids is 1. The molecular weight excluding hydrogens is 303 g/mol. The van der Waals surface area contributed by atoms with Gasteiger partial charge in [-0.3, -0.25) is 10.1 Å². The van der Waals surface area contributed by atoms with Gasteiger partial charge in [0.2, 0.25) is 0 Å². The minimum Gasteiger partial charge on any atom is -0.477 e. The number of carboxylic acids is 1. The van der Waals surface area contributed by atoms with Gasteiger partial charge in [0.15, 0.2) is 0 Å². The Morgan fingerprint density at radius 2 is 1.86 bits per heavy atom. The average molecular weight is 311 g/mol. The molecule has 0 spiro atoms. The van der Waals surface area contributed by atoms with E-state index in [4.69, 9.17) is 16.7 Å². The minimum atomic E-state index is -1.42. The maximum Gasteiger partial charge on any atom is 0.342 e. The van der Waals surface area contributed by atoms with Crippen LogP contribution in [0.4, 0.5) is 21.5 Å². The van der Waals surface area contributed by atoms with Crippen LogP contribution in [-0.4, -0.2) is 16.0 Å². The average Bonchev–Trinajstić information content (AvgIpc) is 2.42. The first-order valence-corrected chi connectivity index (χ1v) is 6.00. The largest absolute Gasteiger partial charge is 0.477 e. The summed E-state index contributed by atoms with van der Waals surface area (Å²) < 4.78 is 13.3. The quantitative estimate of drug-likeness (QED) is 0.661. The zero-order valence-corrected chi connectivity index (χ0v) is 11.1. The number of carbonyl (C=O) groups is 1. The first kappa shape index (κ1) is 14.7. The van der Waals surface area contributed by atoms with Crippen LogP contribution in [0, 0.1) is 15.9 Å². The summed E-state index contributed by atoms with van der Waals surface area (Å²) in [5, 5.41) is 22.4. The monoisotopic (exact) mass is 310 g/mol. The molecule has 0 aliphatic rings. The Labute approximate surface area is 122 Å². The SMILES string of the molecule is O=C(O)c1cc(Nc2ccc(Cl)c(F)c2)ccc1[N+](=O)[O-]. The van der Waals surface area contributed by atoms with Gasteiger partial charge in [0.1, 0.15) is 11.4 Å². The molecule has 108 valence electrons. The van der Waals surface area contributed by atoms with Crippen LogP contribution in [0.1, 0.15) is 10.4 Å². The molecule has 2 N–H and O–H groups in total. The molecule has 0 aliphatic carbocycles. The first-order chi connectivity index (χ1) is 9.88. The number of halogens is 2. The van der Waals surface area contributed by atoms with Crippen molar-refractivity contribution in [3.8, 4) is 0 Å². The molecule has 0 radical (unpaired) electrons. The second kappa shape index (κ2) is 5.76. The third kappa shape index (κ3) is 3.26. The standard InChI is InChI=1S/C13H8ClFN2O4/c14-10-3-1-8(6-11(10)15)16-7-2-4-12(17(20)21)9(5-7)13(18)19/h1-6,16H,(H,18,19). The lowest BCUT2D eigenvalue weighted by atomic mass is 10.1. The fraction of sp³-hybridized carbons (Fsp3) is 0. The molecular formula is C13H8ClFN2O4. The number of nitrogens with one attached hydrogen (secondary N) is 1. The van der Waals surface area contributed by atoms with Crippen LogP contribution in [0.5, 0.6) is 0 Å². The molecule has 0 bridgehead atoms. The first-order valence-electron chi connectivity index (χ1n) is 5.62. The van der Waals surface area contributed by atoms with E-state index >= 15 is 0 Å². The number of nitrogens with zero attached hydrogens (tertiary/aromatic N) is 1. The van der Waals surface area contributed by atoms with Crippen LogP contribution in [0.2, 0.25) is 5.02 Å². The Morgan fingerprint density at radius 3 is 2.43 bits per heavy atom. The third-order valence-corrected chi connectivity index (χ3v) is 2.94. The van der Waals surface area contributed by atoms with Crippen LogP contribution in [0.25, 0.3) is 0 Å². The normalized spacial score (nSPS) is 10.2. The number of nitro benzene ring substituents is 1. The zero-order chi connectivity index (χ0) is 15.6. The Morgan fingerprint density at radius 1 is 1.24 bits per heavy atom. The van der Waals surface area contributed by atoms with Crippen LogP contribution >= 0.6 is 11.6 Å². The third-order valence-electron chi connectivity index (χ3n) is 2.63. The van der Waals surface area contributed by atoms with Gasteiger partial charge in [-0.25, -0.2) is 9.18 Å². The maximum absolute atomic E-state index is 13.3. The molecule has 8 heteroatoms. The number of rotatable bonds is 4. The summed E-state index contributed by atoms with van der Waals surface area (Å²) in [6.07, 6.45) is 0. The van der Waals surface area contributed by atoms with Gasteiger partial charge in [-0.15, -0.1) is 0 Å². The molecule has 2 aromatic carbocycles. The number of anilines is 2. The van der Waals surface area contributed by atoms with Crippen molar-refractivity contribution in [1.82, 2.24) is 0 Å². The summed E-state index contributed by atoms with van der Waals surface area (Å²) >= 11 is 5.55. The van der Waals surface area contributed by atoms with E-state index in [1.54, 1.807) is 0 Å². The number of benzene rings is 2. The highest BCUT2D eigenvalue weighted by atomic mass is 35.5. The van der Waals surface area contributed by atoms with E-state index in [9.17, 15) is 19.3 Å². The van der Waals surface area contributed by atoms with Gasteiger partial charge >= 0.3 is 5.97 Å². The molecule has 2 rings (SSSR count). The topological polar surface area (TPSA) is 92.5 Å². The molecule has 0 aliphatic heterocycles.